The summed E-state index contributed by atoms with van der Waals surface area (Å²) in [6, 6.07) is 5.53. The molecule has 3 heterocycles. The first-order valence-corrected chi connectivity index (χ1v) is 9.05. The Labute approximate surface area is 153 Å². The van der Waals surface area contributed by atoms with Gasteiger partial charge in [-0.15, -0.1) is 0 Å². The van der Waals surface area contributed by atoms with Gasteiger partial charge >= 0.3 is 5.97 Å². The predicted octanol–water partition coefficient (Wildman–Crippen LogP) is 1.75. The lowest BCUT2D eigenvalue weighted by molar-refractivity contribution is -0.186. The van der Waals surface area contributed by atoms with Crippen LogP contribution >= 0.6 is 0 Å². The summed E-state index contributed by atoms with van der Waals surface area (Å²) in [5.74, 6) is 1.09. The highest BCUT2D eigenvalue weighted by atomic mass is 16.6. The predicted molar refractivity (Wildman–Crippen MR) is 92.7 cm³/mol. The first-order chi connectivity index (χ1) is 12.7. The lowest BCUT2D eigenvalue weighted by Crippen LogP contribution is -2.45. The average molecular weight is 366 g/mol. The maximum absolute atomic E-state index is 10.7. The molecule has 1 aromatic rings. The van der Waals surface area contributed by atoms with E-state index in [0.29, 0.717) is 45.4 Å². The topological polar surface area (TPSA) is 72.5 Å². The number of benzene rings is 1. The van der Waals surface area contributed by atoms with E-state index in [9.17, 15) is 4.79 Å². The molecule has 144 valence electrons. The molecular formula is C19H26O7. The molecule has 0 bridgehead atoms. The van der Waals surface area contributed by atoms with Crippen molar-refractivity contribution in [1.82, 2.24) is 0 Å². The number of esters is 1. The van der Waals surface area contributed by atoms with Gasteiger partial charge in [-0.3, -0.25) is 4.79 Å². The van der Waals surface area contributed by atoms with Crippen molar-refractivity contribution in [3.05, 3.63) is 23.8 Å². The molecule has 0 aromatic heterocycles. The summed E-state index contributed by atoms with van der Waals surface area (Å²) < 4.78 is 31.9. The van der Waals surface area contributed by atoms with Gasteiger partial charge in [-0.05, 0) is 24.5 Å². The summed E-state index contributed by atoms with van der Waals surface area (Å²) >= 11 is 0. The fraction of sp³-hybridized carbons (Fsp3) is 0.632. The minimum absolute atomic E-state index is 0.0686. The second-order valence-corrected chi connectivity index (χ2v) is 6.28. The second kappa shape index (κ2) is 9.87. The first-order valence-electron chi connectivity index (χ1n) is 9.05. The SMILES string of the molecule is C1COC(C2COCCO2)CO1.CC(=O)Oc1ccc2c(c1)OCCC2. The zero-order valence-electron chi connectivity index (χ0n) is 15.1. The number of hydrogen-bond donors (Lipinski definition) is 0. The Hall–Kier alpha value is -1.67. The van der Waals surface area contributed by atoms with Crippen LogP contribution in [0.25, 0.3) is 0 Å². The molecule has 2 unspecified atom stereocenters. The quantitative estimate of drug-likeness (QED) is 0.583. The van der Waals surface area contributed by atoms with Gasteiger partial charge in [0.25, 0.3) is 0 Å². The molecule has 7 nitrogen and oxygen atoms in total. The molecule has 2 saturated heterocycles. The van der Waals surface area contributed by atoms with Gasteiger partial charge < -0.3 is 28.4 Å². The van der Waals surface area contributed by atoms with Crippen molar-refractivity contribution in [2.75, 3.05) is 46.2 Å². The number of carbonyl (C=O) groups is 1. The molecular weight excluding hydrogens is 340 g/mol. The molecule has 2 atom stereocenters. The van der Waals surface area contributed by atoms with E-state index in [1.54, 1.807) is 12.1 Å². The molecule has 3 aliphatic heterocycles. The lowest BCUT2D eigenvalue weighted by Gasteiger charge is -2.32. The smallest absolute Gasteiger partial charge is 0.308 e. The van der Waals surface area contributed by atoms with E-state index in [-0.39, 0.29) is 18.2 Å². The van der Waals surface area contributed by atoms with Crippen LogP contribution in [-0.4, -0.2) is 64.4 Å². The Balaban J connectivity index is 0.000000152. The van der Waals surface area contributed by atoms with Crippen molar-refractivity contribution >= 4 is 5.97 Å². The summed E-state index contributed by atoms with van der Waals surface area (Å²) in [6.45, 7) is 6.14. The van der Waals surface area contributed by atoms with Crippen LogP contribution in [0.15, 0.2) is 18.2 Å². The molecule has 7 heteroatoms. The number of carbonyl (C=O) groups excluding carboxylic acids is 1. The fourth-order valence-electron chi connectivity index (χ4n) is 2.99. The molecule has 2 fully saturated rings. The number of hydrogen-bond acceptors (Lipinski definition) is 7. The minimum Gasteiger partial charge on any atom is -0.493 e. The van der Waals surface area contributed by atoms with Crippen molar-refractivity contribution < 1.29 is 33.2 Å². The summed E-state index contributed by atoms with van der Waals surface area (Å²) in [5, 5.41) is 0. The fourth-order valence-corrected chi connectivity index (χ4v) is 2.99. The summed E-state index contributed by atoms with van der Waals surface area (Å²) in [6.07, 6.45) is 2.23. The Bertz CT molecular complexity index is 561. The summed E-state index contributed by atoms with van der Waals surface area (Å²) in [4.78, 5) is 10.7. The van der Waals surface area contributed by atoms with E-state index < -0.39 is 0 Å². The van der Waals surface area contributed by atoms with Crippen molar-refractivity contribution in [3.8, 4) is 11.5 Å². The zero-order valence-corrected chi connectivity index (χ0v) is 15.1. The van der Waals surface area contributed by atoms with Gasteiger partial charge in [-0.2, -0.15) is 0 Å². The van der Waals surface area contributed by atoms with Crippen LogP contribution in [0, 0.1) is 0 Å². The van der Waals surface area contributed by atoms with Crippen molar-refractivity contribution in [1.29, 1.82) is 0 Å². The normalized spacial score (nSPS) is 25.1. The maximum Gasteiger partial charge on any atom is 0.308 e. The van der Waals surface area contributed by atoms with Gasteiger partial charge in [0.05, 0.1) is 46.2 Å². The van der Waals surface area contributed by atoms with Gasteiger partial charge in [0.1, 0.15) is 23.7 Å². The number of rotatable bonds is 2. The second-order valence-electron chi connectivity index (χ2n) is 6.28. The maximum atomic E-state index is 10.7. The molecule has 0 spiro atoms. The standard InChI is InChI=1S/C11H12O3.C8H14O4/c1-8(12)14-10-5-4-9-3-2-6-13-11(9)7-10;1-3-11-7(5-9-1)8-6-10-2-4-12-8/h4-5,7H,2-3,6H2,1H3;7-8H,1-6H2. The molecule has 0 amide bonds. The van der Waals surface area contributed by atoms with Crippen LogP contribution in [0.5, 0.6) is 11.5 Å². The van der Waals surface area contributed by atoms with E-state index in [0.717, 1.165) is 25.2 Å². The Morgan fingerprint density at radius 1 is 1.00 bits per heavy atom. The molecule has 4 rings (SSSR count). The van der Waals surface area contributed by atoms with Crippen LogP contribution in [-0.2, 0) is 30.2 Å². The van der Waals surface area contributed by atoms with Gasteiger partial charge in [0.2, 0.25) is 0 Å². The highest BCUT2D eigenvalue weighted by Gasteiger charge is 2.27. The molecule has 0 N–H and O–H groups in total. The van der Waals surface area contributed by atoms with Crippen molar-refractivity contribution in [3.63, 3.8) is 0 Å². The van der Waals surface area contributed by atoms with Crippen LogP contribution in [0.4, 0.5) is 0 Å². The van der Waals surface area contributed by atoms with E-state index in [1.165, 1.54) is 12.5 Å². The highest BCUT2D eigenvalue weighted by molar-refractivity contribution is 5.69. The Kier molecular flexibility index (Phi) is 7.25. The third kappa shape index (κ3) is 5.67. The van der Waals surface area contributed by atoms with Gasteiger partial charge in [0.15, 0.2) is 0 Å². The number of ether oxygens (including phenoxy) is 6. The van der Waals surface area contributed by atoms with Crippen molar-refractivity contribution in [2.24, 2.45) is 0 Å². The van der Waals surface area contributed by atoms with Crippen LogP contribution in [0.3, 0.4) is 0 Å². The summed E-state index contributed by atoms with van der Waals surface area (Å²) in [7, 11) is 0. The molecule has 0 saturated carbocycles. The van der Waals surface area contributed by atoms with Crippen LogP contribution < -0.4 is 9.47 Å². The van der Waals surface area contributed by atoms with Crippen LogP contribution in [0.1, 0.15) is 18.9 Å². The molecule has 1 aromatic carbocycles. The molecule has 0 aliphatic carbocycles. The highest BCUT2D eigenvalue weighted by Crippen LogP contribution is 2.28. The number of fused-ring (bicyclic) bond motifs is 1. The largest absolute Gasteiger partial charge is 0.493 e. The lowest BCUT2D eigenvalue weighted by atomic mass is 10.1. The third-order valence-electron chi connectivity index (χ3n) is 4.25. The zero-order chi connectivity index (χ0) is 18.2. The first kappa shape index (κ1) is 19.1. The van der Waals surface area contributed by atoms with Gasteiger partial charge in [-0.1, -0.05) is 6.07 Å². The molecule has 0 radical (unpaired) electrons. The van der Waals surface area contributed by atoms with E-state index in [4.69, 9.17) is 28.4 Å². The van der Waals surface area contributed by atoms with Crippen LogP contribution in [0.2, 0.25) is 0 Å². The minimum atomic E-state index is -0.305. The van der Waals surface area contributed by atoms with E-state index >= 15 is 0 Å². The molecule has 26 heavy (non-hydrogen) atoms. The third-order valence-corrected chi connectivity index (χ3v) is 4.25. The number of aryl methyl sites for hydroxylation is 1. The Morgan fingerprint density at radius 3 is 2.27 bits per heavy atom. The molecule has 3 aliphatic rings. The van der Waals surface area contributed by atoms with Crippen molar-refractivity contribution in [2.45, 2.75) is 32.0 Å². The van der Waals surface area contributed by atoms with Gasteiger partial charge in [-0.25, -0.2) is 0 Å². The van der Waals surface area contributed by atoms with E-state index in [2.05, 4.69) is 0 Å². The van der Waals surface area contributed by atoms with E-state index in [1.807, 2.05) is 6.07 Å². The monoisotopic (exact) mass is 366 g/mol. The average Bonchev–Trinajstić information content (AvgIpc) is 2.69. The van der Waals surface area contributed by atoms with Gasteiger partial charge in [0, 0.05) is 13.0 Å². The Morgan fingerprint density at radius 2 is 1.69 bits per heavy atom. The summed E-state index contributed by atoms with van der Waals surface area (Å²) in [5.41, 5.74) is 1.19.